The molecule has 0 radical (unpaired) electrons. The van der Waals surface area contributed by atoms with E-state index in [1.165, 1.54) is 0 Å². The molecule has 0 bridgehead atoms. The molecule has 108 valence electrons. The van der Waals surface area contributed by atoms with Crippen molar-refractivity contribution in [2.75, 3.05) is 0 Å². The Morgan fingerprint density at radius 1 is 0.895 bits per heavy atom. The molecule has 19 heavy (non-hydrogen) atoms. The van der Waals surface area contributed by atoms with E-state index in [0.717, 1.165) is 31.6 Å². The fourth-order valence-electron chi connectivity index (χ4n) is 3.18. The molecule has 2 fully saturated rings. The maximum atomic E-state index is 12.1. The van der Waals surface area contributed by atoms with E-state index < -0.39 is 5.97 Å². The van der Waals surface area contributed by atoms with Crippen LogP contribution in [0.3, 0.4) is 0 Å². The Bertz CT molecular complexity index is 323. The maximum absolute atomic E-state index is 12.1. The van der Waals surface area contributed by atoms with Gasteiger partial charge in [-0.25, -0.2) is 0 Å². The minimum Gasteiger partial charge on any atom is -0.481 e. The van der Waals surface area contributed by atoms with Crippen LogP contribution in [0.25, 0.3) is 0 Å². The molecule has 0 spiro atoms. The molecule has 0 unspecified atom stereocenters. The number of carbonyl (C=O) groups is 2. The summed E-state index contributed by atoms with van der Waals surface area (Å²) in [6.45, 7) is 2.24. The molecule has 0 aromatic carbocycles. The molecule has 4 heteroatoms. The van der Waals surface area contributed by atoms with E-state index >= 15 is 0 Å². The van der Waals surface area contributed by atoms with Crippen LogP contribution in [-0.4, -0.2) is 23.1 Å². The zero-order valence-corrected chi connectivity index (χ0v) is 11.6. The van der Waals surface area contributed by atoms with Crippen molar-refractivity contribution >= 4 is 11.9 Å². The summed E-state index contributed by atoms with van der Waals surface area (Å²) in [7, 11) is 0. The third-order valence-corrected chi connectivity index (χ3v) is 4.66. The summed E-state index contributed by atoms with van der Waals surface area (Å²) in [6.07, 6.45) is 6.90. The van der Waals surface area contributed by atoms with Gasteiger partial charge in [-0.1, -0.05) is 6.92 Å². The molecule has 0 aliphatic heterocycles. The third-order valence-electron chi connectivity index (χ3n) is 4.66. The van der Waals surface area contributed by atoms with E-state index in [0.29, 0.717) is 25.7 Å². The first-order chi connectivity index (χ1) is 9.06. The van der Waals surface area contributed by atoms with Gasteiger partial charge in [-0.05, 0) is 57.3 Å². The Labute approximate surface area is 114 Å². The van der Waals surface area contributed by atoms with Gasteiger partial charge in [-0.3, -0.25) is 9.59 Å². The van der Waals surface area contributed by atoms with Crippen LogP contribution in [0.2, 0.25) is 0 Å². The number of carboxylic acid groups (broad SMARTS) is 1. The molecule has 0 heterocycles. The molecule has 0 amide bonds. The maximum Gasteiger partial charge on any atom is 0.309 e. The first-order valence-electron chi connectivity index (χ1n) is 7.49. The summed E-state index contributed by atoms with van der Waals surface area (Å²) in [5, 5.41) is 8.93. The van der Waals surface area contributed by atoms with Gasteiger partial charge in [-0.2, -0.15) is 0 Å². The number of rotatable bonds is 3. The summed E-state index contributed by atoms with van der Waals surface area (Å²) < 4.78 is 5.59. The number of carboxylic acids is 1. The van der Waals surface area contributed by atoms with Crippen molar-refractivity contribution in [2.24, 2.45) is 17.8 Å². The summed E-state index contributed by atoms with van der Waals surface area (Å²) in [6, 6.07) is 0. The van der Waals surface area contributed by atoms with Crippen LogP contribution < -0.4 is 0 Å². The lowest BCUT2D eigenvalue weighted by Crippen LogP contribution is -2.31. The van der Waals surface area contributed by atoms with Gasteiger partial charge in [0.2, 0.25) is 0 Å². The Morgan fingerprint density at radius 3 is 1.95 bits per heavy atom. The first-order valence-corrected chi connectivity index (χ1v) is 7.49. The number of carbonyl (C=O) groups excluding carboxylic acids is 1. The number of aliphatic carboxylic acids is 1. The van der Waals surface area contributed by atoms with Crippen molar-refractivity contribution in [1.82, 2.24) is 0 Å². The normalized spacial score (nSPS) is 35.6. The molecular weight excluding hydrogens is 244 g/mol. The van der Waals surface area contributed by atoms with E-state index in [9.17, 15) is 9.59 Å². The summed E-state index contributed by atoms with van der Waals surface area (Å²) in [4.78, 5) is 22.9. The second kappa shape index (κ2) is 6.40. The van der Waals surface area contributed by atoms with E-state index in [2.05, 4.69) is 6.92 Å². The molecule has 2 rings (SSSR count). The Hall–Kier alpha value is -1.06. The second-order valence-electron chi connectivity index (χ2n) is 6.21. The van der Waals surface area contributed by atoms with Gasteiger partial charge in [0.25, 0.3) is 0 Å². The SMILES string of the molecule is CC1CCC(OC(=O)C2CCC(C(=O)O)CC2)CC1. The highest BCUT2D eigenvalue weighted by Crippen LogP contribution is 2.31. The highest BCUT2D eigenvalue weighted by molar-refractivity contribution is 5.74. The minimum absolute atomic E-state index is 0.0741. The van der Waals surface area contributed by atoms with Crippen LogP contribution in [0, 0.1) is 17.8 Å². The molecule has 0 aromatic rings. The van der Waals surface area contributed by atoms with Crippen molar-refractivity contribution < 1.29 is 19.4 Å². The van der Waals surface area contributed by atoms with Gasteiger partial charge in [0.05, 0.1) is 11.8 Å². The minimum atomic E-state index is -0.729. The smallest absolute Gasteiger partial charge is 0.309 e. The van der Waals surface area contributed by atoms with Crippen LogP contribution in [-0.2, 0) is 14.3 Å². The highest BCUT2D eigenvalue weighted by atomic mass is 16.5. The van der Waals surface area contributed by atoms with E-state index in [1.807, 2.05) is 0 Å². The zero-order chi connectivity index (χ0) is 13.8. The lowest BCUT2D eigenvalue weighted by atomic mass is 9.82. The van der Waals surface area contributed by atoms with Crippen molar-refractivity contribution in [3.63, 3.8) is 0 Å². The van der Waals surface area contributed by atoms with Gasteiger partial charge in [0, 0.05) is 0 Å². The van der Waals surface area contributed by atoms with Gasteiger partial charge in [0.15, 0.2) is 0 Å². The second-order valence-corrected chi connectivity index (χ2v) is 6.21. The van der Waals surface area contributed by atoms with E-state index in [-0.39, 0.29) is 23.9 Å². The van der Waals surface area contributed by atoms with Crippen molar-refractivity contribution in [2.45, 2.75) is 64.4 Å². The fraction of sp³-hybridized carbons (Fsp3) is 0.867. The quantitative estimate of drug-likeness (QED) is 0.799. The van der Waals surface area contributed by atoms with Crippen LogP contribution in [0.4, 0.5) is 0 Å². The standard InChI is InChI=1S/C15H24O4/c1-10-2-8-13(9-3-10)19-15(18)12-6-4-11(5-7-12)14(16)17/h10-13H,2-9H2,1H3,(H,16,17). The zero-order valence-electron chi connectivity index (χ0n) is 11.6. The fourth-order valence-corrected chi connectivity index (χ4v) is 3.18. The number of hydrogen-bond acceptors (Lipinski definition) is 3. The molecule has 0 atom stereocenters. The number of ether oxygens (including phenoxy) is 1. The van der Waals surface area contributed by atoms with Gasteiger partial charge in [0.1, 0.15) is 6.10 Å². The number of hydrogen-bond donors (Lipinski definition) is 1. The van der Waals surface area contributed by atoms with Crippen LogP contribution in [0.15, 0.2) is 0 Å². The molecule has 2 aliphatic rings. The summed E-state index contributed by atoms with van der Waals surface area (Å²) in [5.74, 6) is -0.410. The summed E-state index contributed by atoms with van der Waals surface area (Å²) >= 11 is 0. The van der Waals surface area contributed by atoms with Crippen molar-refractivity contribution in [1.29, 1.82) is 0 Å². The predicted octanol–water partition coefficient (Wildman–Crippen LogP) is 3.00. The Morgan fingerprint density at radius 2 is 1.42 bits per heavy atom. The lowest BCUT2D eigenvalue weighted by Gasteiger charge is -2.29. The van der Waals surface area contributed by atoms with Gasteiger partial charge < -0.3 is 9.84 Å². The van der Waals surface area contributed by atoms with Crippen LogP contribution in [0.5, 0.6) is 0 Å². The first kappa shape index (κ1) is 14.4. The molecule has 2 saturated carbocycles. The van der Waals surface area contributed by atoms with E-state index in [1.54, 1.807) is 0 Å². The molecular formula is C15H24O4. The molecule has 2 aliphatic carbocycles. The highest BCUT2D eigenvalue weighted by Gasteiger charge is 2.32. The largest absolute Gasteiger partial charge is 0.481 e. The van der Waals surface area contributed by atoms with Crippen LogP contribution in [0.1, 0.15) is 58.3 Å². The molecule has 4 nitrogen and oxygen atoms in total. The van der Waals surface area contributed by atoms with Gasteiger partial charge in [-0.15, -0.1) is 0 Å². The molecule has 1 N–H and O–H groups in total. The predicted molar refractivity (Wildman–Crippen MR) is 70.6 cm³/mol. The Balaban J connectivity index is 1.74. The topological polar surface area (TPSA) is 63.6 Å². The Kier molecular flexibility index (Phi) is 4.83. The van der Waals surface area contributed by atoms with Crippen LogP contribution >= 0.6 is 0 Å². The van der Waals surface area contributed by atoms with E-state index in [4.69, 9.17) is 9.84 Å². The third kappa shape index (κ3) is 3.95. The average Bonchev–Trinajstić information content (AvgIpc) is 2.41. The van der Waals surface area contributed by atoms with Crippen molar-refractivity contribution in [3.8, 4) is 0 Å². The average molecular weight is 268 g/mol. The monoisotopic (exact) mass is 268 g/mol. The van der Waals surface area contributed by atoms with Gasteiger partial charge >= 0.3 is 11.9 Å². The molecule has 0 saturated heterocycles. The molecule has 0 aromatic heterocycles. The summed E-state index contributed by atoms with van der Waals surface area (Å²) in [5.41, 5.74) is 0. The lowest BCUT2D eigenvalue weighted by molar-refractivity contribution is -0.159. The van der Waals surface area contributed by atoms with Crippen molar-refractivity contribution in [3.05, 3.63) is 0 Å². The number of esters is 1.